The monoisotopic (exact) mass is 461 g/mol. The van der Waals surface area contributed by atoms with Crippen LogP contribution >= 0.6 is 11.8 Å². The van der Waals surface area contributed by atoms with E-state index in [9.17, 15) is 9.18 Å². The summed E-state index contributed by atoms with van der Waals surface area (Å²) in [6, 6.07) is 22.5. The number of nitrogens with one attached hydrogen (secondary N) is 2. The Morgan fingerprint density at radius 2 is 1.76 bits per heavy atom. The molecule has 5 rings (SSSR count). The van der Waals surface area contributed by atoms with Crippen LogP contribution in [-0.4, -0.2) is 33.1 Å². The van der Waals surface area contributed by atoms with Crippen molar-refractivity contribution in [2.75, 3.05) is 17.9 Å². The number of nitrogens with zero attached hydrogens (tertiary/aromatic N) is 3. The summed E-state index contributed by atoms with van der Waals surface area (Å²) in [5, 5.41) is 11.6. The molecule has 7 nitrogen and oxygen atoms in total. The molecule has 0 aliphatic carbocycles. The van der Waals surface area contributed by atoms with Crippen molar-refractivity contribution < 1.29 is 13.9 Å². The number of anilines is 1. The van der Waals surface area contributed by atoms with E-state index in [2.05, 4.69) is 20.9 Å². The standard InChI is InChI=1S/C24H20FN5O2S/c1-32-19-13-11-18(12-14-19)26-23(31)21-20(15-7-9-17(25)10-8-15)29-30-22(27-28-24(30)33-21)16-5-3-2-4-6-16/h2-14,20-21,29H,1H3,(H,26,31)/t20-,21+/m1/s1. The van der Waals surface area contributed by atoms with Gasteiger partial charge < -0.3 is 15.5 Å². The molecule has 1 amide bonds. The number of carbonyl (C=O) groups excluding carboxylic acids is 1. The van der Waals surface area contributed by atoms with E-state index < -0.39 is 11.3 Å². The fourth-order valence-corrected chi connectivity index (χ4v) is 4.72. The molecular formula is C24H20FN5O2S. The largest absolute Gasteiger partial charge is 0.497 e. The molecule has 33 heavy (non-hydrogen) atoms. The molecule has 9 heteroatoms. The third kappa shape index (κ3) is 4.27. The van der Waals surface area contributed by atoms with Crippen molar-refractivity contribution in [2.24, 2.45) is 0 Å². The molecule has 0 radical (unpaired) electrons. The molecule has 1 aliphatic rings. The van der Waals surface area contributed by atoms with E-state index in [-0.39, 0.29) is 11.7 Å². The van der Waals surface area contributed by atoms with Crippen molar-refractivity contribution in [3.8, 4) is 17.1 Å². The first-order valence-electron chi connectivity index (χ1n) is 10.3. The minimum absolute atomic E-state index is 0.206. The van der Waals surface area contributed by atoms with Gasteiger partial charge in [0.25, 0.3) is 0 Å². The number of ether oxygens (including phenoxy) is 1. The minimum atomic E-state index is -0.571. The Kier molecular flexibility index (Phi) is 5.70. The van der Waals surface area contributed by atoms with Crippen LogP contribution in [0.15, 0.2) is 84.0 Å². The summed E-state index contributed by atoms with van der Waals surface area (Å²) in [5.74, 6) is 0.797. The molecular weight excluding hydrogens is 441 g/mol. The molecule has 2 N–H and O–H groups in total. The van der Waals surface area contributed by atoms with Crippen molar-refractivity contribution in [1.82, 2.24) is 14.9 Å². The lowest BCUT2D eigenvalue weighted by atomic mass is 10.0. The predicted octanol–water partition coefficient (Wildman–Crippen LogP) is 4.49. The highest BCUT2D eigenvalue weighted by atomic mass is 32.2. The SMILES string of the molecule is COc1ccc(NC(=O)[C@H]2Sc3nnc(-c4ccccc4)n3N[C@@H]2c2ccc(F)cc2)cc1. The van der Waals surface area contributed by atoms with Crippen molar-refractivity contribution in [1.29, 1.82) is 0 Å². The molecule has 3 aromatic carbocycles. The lowest BCUT2D eigenvalue weighted by molar-refractivity contribution is -0.116. The smallest absolute Gasteiger partial charge is 0.240 e. The topological polar surface area (TPSA) is 81.1 Å². The van der Waals surface area contributed by atoms with Gasteiger partial charge in [-0.15, -0.1) is 10.2 Å². The van der Waals surface area contributed by atoms with E-state index in [0.717, 1.165) is 11.1 Å². The summed E-state index contributed by atoms with van der Waals surface area (Å²) in [7, 11) is 1.59. The van der Waals surface area contributed by atoms with E-state index in [1.165, 1.54) is 23.9 Å². The molecule has 1 aromatic heterocycles. The first-order chi connectivity index (χ1) is 16.1. The van der Waals surface area contributed by atoms with Crippen LogP contribution < -0.4 is 15.5 Å². The highest BCUT2D eigenvalue weighted by molar-refractivity contribution is 8.00. The molecule has 2 atom stereocenters. The van der Waals surface area contributed by atoms with Crippen LogP contribution in [-0.2, 0) is 4.79 Å². The van der Waals surface area contributed by atoms with Gasteiger partial charge in [-0.25, -0.2) is 9.07 Å². The summed E-state index contributed by atoms with van der Waals surface area (Å²) >= 11 is 1.31. The third-order valence-electron chi connectivity index (χ3n) is 5.31. The molecule has 166 valence electrons. The Hall–Kier alpha value is -3.85. The maximum Gasteiger partial charge on any atom is 0.240 e. The van der Waals surface area contributed by atoms with E-state index in [0.29, 0.717) is 22.4 Å². The van der Waals surface area contributed by atoms with Gasteiger partial charge in [0.2, 0.25) is 11.1 Å². The number of carbonyl (C=O) groups is 1. The maximum absolute atomic E-state index is 13.6. The fourth-order valence-electron chi connectivity index (χ4n) is 3.64. The number of methoxy groups -OCH3 is 1. The van der Waals surface area contributed by atoms with Gasteiger partial charge in [0, 0.05) is 11.3 Å². The number of amides is 1. The van der Waals surface area contributed by atoms with Gasteiger partial charge in [-0.3, -0.25) is 4.79 Å². The van der Waals surface area contributed by atoms with Crippen LogP contribution in [0.2, 0.25) is 0 Å². The maximum atomic E-state index is 13.6. The molecule has 1 aliphatic heterocycles. The molecule has 0 unspecified atom stereocenters. The third-order valence-corrected chi connectivity index (χ3v) is 6.53. The van der Waals surface area contributed by atoms with Crippen molar-refractivity contribution in [2.45, 2.75) is 16.4 Å². The quantitative estimate of drug-likeness (QED) is 0.456. The molecule has 0 spiro atoms. The molecule has 0 fully saturated rings. The lowest BCUT2D eigenvalue weighted by Crippen LogP contribution is -2.41. The zero-order valence-electron chi connectivity index (χ0n) is 17.6. The summed E-state index contributed by atoms with van der Waals surface area (Å²) in [4.78, 5) is 13.3. The number of fused-ring (bicyclic) bond motifs is 1. The number of rotatable bonds is 5. The number of benzene rings is 3. The van der Waals surface area contributed by atoms with E-state index >= 15 is 0 Å². The van der Waals surface area contributed by atoms with Gasteiger partial charge in [0.15, 0.2) is 5.82 Å². The van der Waals surface area contributed by atoms with Crippen molar-refractivity contribution in [3.05, 3.63) is 90.2 Å². The van der Waals surface area contributed by atoms with Crippen LogP contribution in [0.1, 0.15) is 11.6 Å². The molecule has 0 bridgehead atoms. The summed E-state index contributed by atoms with van der Waals surface area (Å²) < 4.78 is 20.6. The van der Waals surface area contributed by atoms with Crippen LogP contribution in [0, 0.1) is 5.82 Å². The molecule has 0 saturated heterocycles. The average Bonchev–Trinajstić information content (AvgIpc) is 3.28. The van der Waals surface area contributed by atoms with Crippen LogP contribution in [0.4, 0.5) is 10.1 Å². The number of hydrogen-bond donors (Lipinski definition) is 2. The molecule has 0 saturated carbocycles. The van der Waals surface area contributed by atoms with Gasteiger partial charge in [0.1, 0.15) is 16.8 Å². The van der Waals surface area contributed by atoms with E-state index in [4.69, 9.17) is 4.74 Å². The second-order valence-corrected chi connectivity index (χ2v) is 8.53. The van der Waals surface area contributed by atoms with Gasteiger partial charge in [0.05, 0.1) is 13.2 Å². The van der Waals surface area contributed by atoms with Crippen molar-refractivity contribution in [3.63, 3.8) is 0 Å². The number of aromatic nitrogens is 3. The molecule has 2 heterocycles. The Bertz CT molecular complexity index is 1260. The number of hydrogen-bond acceptors (Lipinski definition) is 6. The number of thioether (sulfide) groups is 1. The highest BCUT2D eigenvalue weighted by Crippen LogP contribution is 2.39. The van der Waals surface area contributed by atoms with E-state index in [1.54, 1.807) is 48.2 Å². The lowest BCUT2D eigenvalue weighted by Gasteiger charge is -2.33. The van der Waals surface area contributed by atoms with Gasteiger partial charge >= 0.3 is 0 Å². The highest BCUT2D eigenvalue weighted by Gasteiger charge is 2.38. The second kappa shape index (κ2) is 8.95. The normalized spacial score (nSPS) is 17.0. The van der Waals surface area contributed by atoms with Gasteiger partial charge in [-0.1, -0.05) is 54.2 Å². The Labute approximate surface area is 194 Å². The van der Waals surface area contributed by atoms with E-state index in [1.807, 2.05) is 30.3 Å². The summed E-state index contributed by atoms with van der Waals surface area (Å²) in [6.07, 6.45) is 0. The Balaban J connectivity index is 1.48. The van der Waals surface area contributed by atoms with Crippen molar-refractivity contribution >= 4 is 23.4 Å². The van der Waals surface area contributed by atoms with Crippen LogP contribution in [0.25, 0.3) is 11.4 Å². The number of halogens is 1. The average molecular weight is 462 g/mol. The van der Waals surface area contributed by atoms with Crippen LogP contribution in [0.5, 0.6) is 5.75 Å². The molecule has 4 aromatic rings. The first kappa shape index (κ1) is 21.0. The van der Waals surface area contributed by atoms with Crippen LogP contribution in [0.3, 0.4) is 0 Å². The second-order valence-electron chi connectivity index (χ2n) is 7.42. The van der Waals surface area contributed by atoms with Gasteiger partial charge in [-0.05, 0) is 42.0 Å². The predicted molar refractivity (Wildman–Crippen MR) is 125 cm³/mol. The first-order valence-corrected chi connectivity index (χ1v) is 11.1. The zero-order chi connectivity index (χ0) is 22.8. The Morgan fingerprint density at radius 1 is 1.03 bits per heavy atom. The summed E-state index contributed by atoms with van der Waals surface area (Å²) in [6.45, 7) is 0. The minimum Gasteiger partial charge on any atom is -0.497 e. The summed E-state index contributed by atoms with van der Waals surface area (Å²) in [5.41, 5.74) is 5.70. The zero-order valence-corrected chi connectivity index (χ0v) is 18.4. The van der Waals surface area contributed by atoms with Gasteiger partial charge in [-0.2, -0.15) is 0 Å². The fraction of sp³-hybridized carbons (Fsp3) is 0.125. The Morgan fingerprint density at radius 3 is 2.45 bits per heavy atom.